The predicted molar refractivity (Wildman–Crippen MR) is 61.1 cm³/mol. The van der Waals surface area contributed by atoms with Crippen molar-refractivity contribution >= 4 is 11.9 Å². The van der Waals surface area contributed by atoms with Crippen molar-refractivity contribution in [3.8, 4) is 11.8 Å². The Morgan fingerprint density at radius 2 is 2.00 bits per heavy atom. The third-order valence-electron chi connectivity index (χ3n) is 2.00. The molecule has 1 rings (SSSR count). The molecule has 0 atom stereocenters. The molecule has 0 radical (unpaired) electrons. The lowest BCUT2D eigenvalue weighted by molar-refractivity contribution is -0.139. The molecule has 0 saturated heterocycles. The third-order valence-corrected chi connectivity index (χ3v) is 2.00. The molecule has 0 aliphatic carbocycles. The normalized spacial score (nSPS) is 8.82. The molecule has 88 valence electrons. The van der Waals surface area contributed by atoms with Crippen LogP contribution in [0.25, 0.3) is 0 Å². The molecule has 0 N–H and O–H groups in total. The Hall–Kier alpha value is -2.28. The van der Waals surface area contributed by atoms with Crippen molar-refractivity contribution in [2.75, 3.05) is 14.2 Å². The molecule has 0 spiro atoms. The molecular weight excluding hydrogens is 220 g/mol. The zero-order chi connectivity index (χ0) is 12.7. The van der Waals surface area contributed by atoms with Gasteiger partial charge in [0.05, 0.1) is 20.6 Å². The van der Waals surface area contributed by atoms with Gasteiger partial charge >= 0.3 is 11.9 Å². The quantitative estimate of drug-likeness (QED) is 0.562. The van der Waals surface area contributed by atoms with Crippen LogP contribution >= 0.6 is 0 Å². The molecule has 0 fully saturated rings. The number of hydrogen-bond donors (Lipinski definition) is 0. The monoisotopic (exact) mass is 232 g/mol. The van der Waals surface area contributed by atoms with E-state index in [0.29, 0.717) is 5.56 Å². The molecule has 0 saturated carbocycles. The Labute approximate surface area is 99.5 Å². The minimum atomic E-state index is -0.594. The lowest BCUT2D eigenvalue weighted by Gasteiger charge is -2.00. The van der Waals surface area contributed by atoms with E-state index in [2.05, 4.69) is 21.3 Å². The molecule has 0 unspecified atom stereocenters. The lowest BCUT2D eigenvalue weighted by atomic mass is 10.1. The van der Waals surface area contributed by atoms with Crippen LogP contribution in [0.3, 0.4) is 0 Å². The van der Waals surface area contributed by atoms with Gasteiger partial charge in [-0.2, -0.15) is 0 Å². The molecule has 0 heterocycles. The van der Waals surface area contributed by atoms with Gasteiger partial charge in [0.25, 0.3) is 0 Å². The number of carbonyl (C=O) groups is 2. The molecule has 17 heavy (non-hydrogen) atoms. The summed E-state index contributed by atoms with van der Waals surface area (Å²) in [4.78, 5) is 21.9. The first kappa shape index (κ1) is 12.8. The van der Waals surface area contributed by atoms with E-state index in [1.807, 2.05) is 0 Å². The summed E-state index contributed by atoms with van der Waals surface area (Å²) < 4.78 is 8.96. The maximum atomic E-state index is 11.1. The first-order chi connectivity index (χ1) is 8.15. The van der Waals surface area contributed by atoms with Crippen LogP contribution in [0.15, 0.2) is 24.3 Å². The van der Waals surface area contributed by atoms with Crippen LogP contribution in [-0.2, 0) is 25.5 Å². The minimum Gasteiger partial charge on any atom is -0.469 e. The topological polar surface area (TPSA) is 52.6 Å². The van der Waals surface area contributed by atoms with Crippen LogP contribution in [0.2, 0.25) is 0 Å². The molecule has 0 bridgehead atoms. The first-order valence-corrected chi connectivity index (χ1v) is 4.91. The average Bonchev–Trinajstić information content (AvgIpc) is 2.36. The lowest BCUT2D eigenvalue weighted by Crippen LogP contribution is -2.04. The van der Waals surface area contributed by atoms with E-state index in [-0.39, 0.29) is 12.4 Å². The highest BCUT2D eigenvalue weighted by molar-refractivity contribution is 5.89. The first-order valence-electron chi connectivity index (χ1n) is 4.91. The van der Waals surface area contributed by atoms with E-state index in [4.69, 9.17) is 0 Å². The van der Waals surface area contributed by atoms with Crippen molar-refractivity contribution in [2.45, 2.75) is 6.42 Å². The van der Waals surface area contributed by atoms with Gasteiger partial charge in [-0.05, 0) is 17.7 Å². The number of benzene rings is 1. The molecule has 0 aliphatic heterocycles. The van der Waals surface area contributed by atoms with E-state index in [0.717, 1.165) is 5.56 Å². The Bertz CT molecular complexity index is 480. The molecule has 4 heteroatoms. The van der Waals surface area contributed by atoms with Crippen molar-refractivity contribution in [2.24, 2.45) is 0 Å². The Morgan fingerprint density at radius 1 is 1.24 bits per heavy atom. The van der Waals surface area contributed by atoms with Gasteiger partial charge in [0, 0.05) is 11.5 Å². The summed E-state index contributed by atoms with van der Waals surface area (Å²) in [6, 6.07) is 7.03. The standard InChI is InChI=1S/C13H12O4/c1-16-12(14)7-6-10-4-3-5-11(8-10)9-13(15)17-2/h3-5,8H,9H2,1-2H3. The van der Waals surface area contributed by atoms with Crippen LogP contribution in [0, 0.1) is 11.8 Å². The van der Waals surface area contributed by atoms with Crippen molar-refractivity contribution in [1.82, 2.24) is 0 Å². The van der Waals surface area contributed by atoms with Gasteiger partial charge < -0.3 is 9.47 Å². The Kier molecular flexibility index (Phi) is 4.77. The maximum Gasteiger partial charge on any atom is 0.384 e. The number of methoxy groups -OCH3 is 2. The van der Waals surface area contributed by atoms with E-state index >= 15 is 0 Å². The van der Waals surface area contributed by atoms with Gasteiger partial charge in [0.1, 0.15) is 0 Å². The fourth-order valence-corrected chi connectivity index (χ4v) is 1.17. The highest BCUT2D eigenvalue weighted by Crippen LogP contribution is 2.05. The number of carbonyl (C=O) groups excluding carboxylic acids is 2. The van der Waals surface area contributed by atoms with Crippen molar-refractivity contribution in [3.63, 3.8) is 0 Å². The molecular formula is C13H12O4. The highest BCUT2D eigenvalue weighted by atomic mass is 16.5. The molecule has 1 aromatic rings. The van der Waals surface area contributed by atoms with E-state index in [9.17, 15) is 9.59 Å². The van der Waals surface area contributed by atoms with Gasteiger partial charge in [-0.1, -0.05) is 18.1 Å². The van der Waals surface area contributed by atoms with Crippen LogP contribution in [0.4, 0.5) is 0 Å². The molecule has 0 aromatic heterocycles. The fraction of sp³-hybridized carbons (Fsp3) is 0.231. The van der Waals surface area contributed by atoms with E-state index in [1.54, 1.807) is 24.3 Å². The zero-order valence-corrected chi connectivity index (χ0v) is 9.65. The summed E-state index contributed by atoms with van der Waals surface area (Å²) in [5.41, 5.74) is 1.44. The maximum absolute atomic E-state index is 11.1. The summed E-state index contributed by atoms with van der Waals surface area (Å²) in [7, 11) is 2.61. The number of esters is 2. The van der Waals surface area contributed by atoms with Crippen molar-refractivity contribution in [1.29, 1.82) is 0 Å². The van der Waals surface area contributed by atoms with E-state index < -0.39 is 5.97 Å². The van der Waals surface area contributed by atoms with Crippen LogP contribution in [0.5, 0.6) is 0 Å². The highest BCUT2D eigenvalue weighted by Gasteiger charge is 2.02. The third kappa shape index (κ3) is 4.39. The molecule has 4 nitrogen and oxygen atoms in total. The van der Waals surface area contributed by atoms with Gasteiger partial charge in [-0.15, -0.1) is 0 Å². The second kappa shape index (κ2) is 6.33. The van der Waals surface area contributed by atoms with Gasteiger partial charge in [0.15, 0.2) is 0 Å². The zero-order valence-electron chi connectivity index (χ0n) is 9.65. The van der Waals surface area contributed by atoms with Crippen LogP contribution < -0.4 is 0 Å². The van der Waals surface area contributed by atoms with Crippen LogP contribution in [0.1, 0.15) is 11.1 Å². The summed E-state index contributed by atoms with van der Waals surface area (Å²) in [5, 5.41) is 0. The average molecular weight is 232 g/mol. The van der Waals surface area contributed by atoms with Crippen molar-refractivity contribution < 1.29 is 19.1 Å². The number of rotatable bonds is 2. The summed E-state index contributed by atoms with van der Waals surface area (Å²) >= 11 is 0. The Balaban J connectivity index is 2.81. The number of ether oxygens (including phenoxy) is 2. The summed E-state index contributed by atoms with van der Waals surface area (Å²) in [5.74, 6) is 4.06. The van der Waals surface area contributed by atoms with Crippen molar-refractivity contribution in [3.05, 3.63) is 35.4 Å². The predicted octanol–water partition coefficient (Wildman–Crippen LogP) is 0.927. The smallest absolute Gasteiger partial charge is 0.384 e. The molecule has 0 amide bonds. The fourth-order valence-electron chi connectivity index (χ4n) is 1.17. The number of hydrogen-bond acceptors (Lipinski definition) is 4. The van der Waals surface area contributed by atoms with Crippen LogP contribution in [-0.4, -0.2) is 26.2 Å². The second-order valence-corrected chi connectivity index (χ2v) is 3.19. The Morgan fingerprint density at radius 3 is 2.65 bits per heavy atom. The minimum absolute atomic E-state index is 0.185. The van der Waals surface area contributed by atoms with E-state index in [1.165, 1.54) is 14.2 Å². The van der Waals surface area contributed by atoms with Gasteiger partial charge in [-0.3, -0.25) is 4.79 Å². The van der Waals surface area contributed by atoms with Gasteiger partial charge in [0.2, 0.25) is 0 Å². The SMILES string of the molecule is COC(=O)C#Cc1cccc(CC(=O)OC)c1. The summed E-state index contributed by atoms with van der Waals surface area (Å²) in [6.45, 7) is 0. The second-order valence-electron chi connectivity index (χ2n) is 3.19. The largest absolute Gasteiger partial charge is 0.469 e. The molecule has 0 aliphatic rings. The molecule has 1 aromatic carbocycles. The van der Waals surface area contributed by atoms with Gasteiger partial charge in [-0.25, -0.2) is 4.79 Å². The summed E-state index contributed by atoms with van der Waals surface area (Å²) in [6.07, 6.45) is 0.185.